The quantitative estimate of drug-likeness (QED) is 0.247. The van der Waals surface area contributed by atoms with Crippen LogP contribution in [0.3, 0.4) is 0 Å². The lowest BCUT2D eigenvalue weighted by atomic mass is 10.1. The molecule has 3 aromatic rings. The minimum absolute atomic E-state index is 0.0319. The number of alkyl halides is 9. The van der Waals surface area contributed by atoms with Gasteiger partial charge in [0.2, 0.25) is 5.82 Å². The second-order valence-corrected chi connectivity index (χ2v) is 7.33. The van der Waals surface area contributed by atoms with E-state index in [0.29, 0.717) is 0 Å². The van der Waals surface area contributed by atoms with Gasteiger partial charge in [-0.15, -0.1) is 0 Å². The summed E-state index contributed by atoms with van der Waals surface area (Å²) in [6, 6.07) is -0.639. The minimum atomic E-state index is -5.85. The highest BCUT2D eigenvalue weighted by atomic mass is 19.4. The van der Waals surface area contributed by atoms with Crippen molar-refractivity contribution >= 4 is 11.4 Å². The normalized spacial score (nSPS) is 12.6. The van der Waals surface area contributed by atoms with E-state index in [9.17, 15) is 57.1 Å². The molecule has 17 heteroatoms. The lowest BCUT2D eigenvalue weighted by Gasteiger charge is -2.20. The summed E-state index contributed by atoms with van der Waals surface area (Å²) in [4.78, 5) is 0. The van der Waals surface area contributed by atoms with Crippen molar-refractivity contribution in [3.05, 3.63) is 70.3 Å². The Hall–Kier alpha value is -4.05. The Kier molecular flexibility index (Phi) is 7.02. The summed E-state index contributed by atoms with van der Waals surface area (Å²) >= 11 is 0. The third-order valence-corrected chi connectivity index (χ3v) is 4.65. The maximum atomic E-state index is 14.5. The number of nitrogens with two attached hydrogens (primary N) is 2. The molecule has 0 fully saturated rings. The van der Waals surface area contributed by atoms with E-state index in [0.717, 1.165) is 0 Å². The van der Waals surface area contributed by atoms with Crippen molar-refractivity contribution in [2.75, 3.05) is 11.5 Å². The molecule has 206 valence electrons. The van der Waals surface area contributed by atoms with Crippen LogP contribution in [0.25, 0.3) is 0 Å². The standard InChI is InChI=1S/C21H9F13N2O2/c22-8-5-11(37-12-3-6(19(26,27)28)1-9(35)16(12)24)14(21(32,33)34)18(15(8)23)38-13-4-7(20(29,30)31)2-10(36)17(13)25/h1-5H,35-36H2. The van der Waals surface area contributed by atoms with Crippen molar-refractivity contribution < 1.29 is 66.5 Å². The number of benzene rings is 3. The van der Waals surface area contributed by atoms with E-state index in [1.165, 1.54) is 0 Å². The van der Waals surface area contributed by atoms with Crippen LogP contribution in [0.2, 0.25) is 0 Å². The molecule has 0 spiro atoms. The van der Waals surface area contributed by atoms with Crippen molar-refractivity contribution in [2.45, 2.75) is 18.5 Å². The molecule has 0 radical (unpaired) electrons. The summed E-state index contributed by atoms with van der Waals surface area (Å²) in [5.74, 6) is -16.1. The number of ether oxygens (including phenoxy) is 2. The Morgan fingerprint density at radius 2 is 0.921 bits per heavy atom. The Labute approximate surface area is 202 Å². The molecule has 0 atom stereocenters. The average Bonchev–Trinajstić information content (AvgIpc) is 2.75. The highest BCUT2D eigenvalue weighted by Crippen LogP contribution is 2.49. The van der Waals surface area contributed by atoms with E-state index < -0.39 is 92.9 Å². The lowest BCUT2D eigenvalue weighted by Crippen LogP contribution is -2.14. The predicted octanol–water partition coefficient (Wildman–Crippen LogP) is 8.05. The molecule has 0 unspecified atom stereocenters. The van der Waals surface area contributed by atoms with E-state index >= 15 is 0 Å². The zero-order chi connectivity index (χ0) is 29.0. The third-order valence-electron chi connectivity index (χ3n) is 4.65. The molecule has 0 aliphatic carbocycles. The minimum Gasteiger partial charge on any atom is -0.453 e. The van der Waals surface area contributed by atoms with Crippen LogP contribution in [0.1, 0.15) is 16.7 Å². The molecule has 0 saturated carbocycles. The molecule has 0 bridgehead atoms. The van der Waals surface area contributed by atoms with Crippen LogP contribution in [0, 0.1) is 23.3 Å². The van der Waals surface area contributed by atoms with Gasteiger partial charge in [0, 0.05) is 6.07 Å². The molecule has 0 saturated heterocycles. The van der Waals surface area contributed by atoms with Crippen LogP contribution in [0.15, 0.2) is 30.3 Å². The number of anilines is 2. The molecule has 0 aliphatic heterocycles. The maximum absolute atomic E-state index is 14.5. The van der Waals surface area contributed by atoms with Gasteiger partial charge in [0.05, 0.1) is 22.5 Å². The fraction of sp³-hybridized carbons (Fsp3) is 0.143. The smallest absolute Gasteiger partial charge is 0.423 e. The molecule has 0 aromatic heterocycles. The molecular formula is C21H9F13N2O2. The van der Waals surface area contributed by atoms with Gasteiger partial charge in [-0.1, -0.05) is 0 Å². The first-order valence-corrected chi connectivity index (χ1v) is 9.49. The number of nitrogen functional groups attached to an aromatic ring is 2. The fourth-order valence-electron chi connectivity index (χ4n) is 2.97. The Morgan fingerprint density at radius 3 is 1.32 bits per heavy atom. The van der Waals surface area contributed by atoms with E-state index in [1.807, 2.05) is 0 Å². The van der Waals surface area contributed by atoms with E-state index in [2.05, 4.69) is 9.47 Å². The highest BCUT2D eigenvalue weighted by Gasteiger charge is 2.43. The molecule has 38 heavy (non-hydrogen) atoms. The van der Waals surface area contributed by atoms with E-state index in [-0.39, 0.29) is 30.3 Å². The maximum Gasteiger partial charge on any atom is 0.423 e. The van der Waals surface area contributed by atoms with Gasteiger partial charge in [0.25, 0.3) is 0 Å². The largest absolute Gasteiger partial charge is 0.453 e. The summed E-state index contributed by atoms with van der Waals surface area (Å²) in [7, 11) is 0. The average molecular weight is 568 g/mol. The fourth-order valence-corrected chi connectivity index (χ4v) is 2.97. The predicted molar refractivity (Wildman–Crippen MR) is 103 cm³/mol. The van der Waals surface area contributed by atoms with Crippen molar-refractivity contribution in [3.63, 3.8) is 0 Å². The van der Waals surface area contributed by atoms with Crippen molar-refractivity contribution in [1.29, 1.82) is 0 Å². The van der Waals surface area contributed by atoms with E-state index in [1.54, 1.807) is 0 Å². The zero-order valence-corrected chi connectivity index (χ0v) is 17.8. The first kappa shape index (κ1) is 28.5. The van der Waals surface area contributed by atoms with E-state index in [4.69, 9.17) is 11.5 Å². The van der Waals surface area contributed by atoms with Gasteiger partial charge in [0.15, 0.2) is 34.7 Å². The third kappa shape index (κ3) is 5.60. The molecule has 3 rings (SSSR count). The molecule has 0 heterocycles. The van der Waals surface area contributed by atoms with Crippen molar-refractivity contribution in [1.82, 2.24) is 0 Å². The van der Waals surface area contributed by atoms with Crippen LogP contribution in [0.5, 0.6) is 23.0 Å². The SMILES string of the molecule is Nc1cc(C(F)(F)F)cc(Oc2cc(F)c(F)c(Oc3cc(C(F)(F)F)cc(N)c3F)c2C(F)(F)F)c1F. The lowest BCUT2D eigenvalue weighted by molar-refractivity contribution is -0.140. The Bertz CT molecular complexity index is 1400. The second-order valence-electron chi connectivity index (χ2n) is 7.33. The topological polar surface area (TPSA) is 70.5 Å². The van der Waals surface area contributed by atoms with Gasteiger partial charge >= 0.3 is 18.5 Å². The van der Waals surface area contributed by atoms with Gasteiger partial charge in [-0.3, -0.25) is 0 Å². The molecular weight excluding hydrogens is 559 g/mol. The molecule has 0 amide bonds. The van der Waals surface area contributed by atoms with Crippen LogP contribution in [-0.2, 0) is 18.5 Å². The van der Waals surface area contributed by atoms with Gasteiger partial charge < -0.3 is 20.9 Å². The van der Waals surface area contributed by atoms with Gasteiger partial charge in [-0.25, -0.2) is 13.2 Å². The first-order chi connectivity index (χ1) is 17.2. The highest BCUT2D eigenvalue weighted by molar-refractivity contribution is 5.57. The number of rotatable bonds is 4. The molecule has 4 N–H and O–H groups in total. The van der Waals surface area contributed by atoms with Crippen LogP contribution in [-0.4, -0.2) is 0 Å². The van der Waals surface area contributed by atoms with Crippen molar-refractivity contribution in [3.8, 4) is 23.0 Å². The van der Waals surface area contributed by atoms with Gasteiger partial charge in [-0.05, 0) is 24.3 Å². The monoisotopic (exact) mass is 568 g/mol. The summed E-state index contributed by atoms with van der Waals surface area (Å²) in [6.45, 7) is 0. The summed E-state index contributed by atoms with van der Waals surface area (Å²) in [5, 5.41) is 0. The van der Waals surface area contributed by atoms with Gasteiger partial charge in [0.1, 0.15) is 11.3 Å². The summed E-state index contributed by atoms with van der Waals surface area (Å²) < 4.78 is 186. The molecule has 0 aliphatic rings. The molecule has 3 aromatic carbocycles. The number of hydrogen-bond acceptors (Lipinski definition) is 4. The van der Waals surface area contributed by atoms with Crippen LogP contribution < -0.4 is 20.9 Å². The Morgan fingerprint density at radius 1 is 0.500 bits per heavy atom. The zero-order valence-electron chi connectivity index (χ0n) is 17.8. The van der Waals surface area contributed by atoms with Crippen LogP contribution in [0.4, 0.5) is 68.5 Å². The Balaban J connectivity index is 2.27. The van der Waals surface area contributed by atoms with Crippen molar-refractivity contribution in [2.24, 2.45) is 0 Å². The first-order valence-electron chi connectivity index (χ1n) is 9.49. The van der Waals surface area contributed by atoms with Gasteiger partial charge in [-0.2, -0.15) is 43.9 Å². The summed E-state index contributed by atoms with van der Waals surface area (Å²) in [6.07, 6.45) is -16.3. The number of hydrogen-bond donors (Lipinski definition) is 2. The summed E-state index contributed by atoms with van der Waals surface area (Å²) in [5.41, 5.74) is 1.61. The second kappa shape index (κ2) is 9.36. The number of halogens is 13. The molecule has 4 nitrogen and oxygen atoms in total. The van der Waals surface area contributed by atoms with Crippen LogP contribution >= 0.6 is 0 Å².